The second-order valence-corrected chi connectivity index (χ2v) is 9.58. The summed E-state index contributed by atoms with van der Waals surface area (Å²) in [5, 5.41) is 20.6. The van der Waals surface area contributed by atoms with Gasteiger partial charge in [0.05, 0.1) is 6.10 Å². The Bertz CT molecular complexity index is 707. The highest BCUT2D eigenvalue weighted by Gasteiger charge is 2.63. The van der Waals surface area contributed by atoms with E-state index in [0.29, 0.717) is 24.2 Å². The van der Waals surface area contributed by atoms with Crippen molar-refractivity contribution in [2.24, 2.45) is 40.4 Å². The summed E-state index contributed by atoms with van der Waals surface area (Å²) >= 11 is 0. The number of hydrogen-bond donors (Lipinski definition) is 2. The number of carbonyl (C=O) groups is 2. The second kappa shape index (κ2) is 5.87. The van der Waals surface area contributed by atoms with Crippen molar-refractivity contribution in [3.63, 3.8) is 0 Å². The van der Waals surface area contributed by atoms with E-state index in [1.165, 1.54) is 0 Å². The zero-order chi connectivity index (χ0) is 18.9. The van der Waals surface area contributed by atoms with Gasteiger partial charge in [0, 0.05) is 17.3 Å². The molecule has 4 aliphatic carbocycles. The fourth-order valence-corrected chi connectivity index (χ4v) is 7.39. The Kier molecular flexibility index (Phi) is 4.09. The number of fused-ring (bicyclic) bond motifs is 5. The molecule has 4 heteroatoms. The summed E-state index contributed by atoms with van der Waals surface area (Å²) in [5.74, 6) is 0.967. The fraction of sp³-hybridized carbons (Fsp3) is 0.727. The lowest BCUT2D eigenvalue weighted by molar-refractivity contribution is -0.143. The van der Waals surface area contributed by atoms with Gasteiger partial charge >= 0.3 is 0 Å². The molecule has 0 radical (unpaired) electrons. The number of Topliss-reactive ketones (excluding diaryl/α,β-unsaturated/α-hetero) is 1. The molecular weight excluding hydrogens is 328 g/mol. The average molecular weight is 358 g/mol. The van der Waals surface area contributed by atoms with E-state index in [-0.39, 0.29) is 34.2 Å². The Labute approximate surface area is 155 Å². The van der Waals surface area contributed by atoms with E-state index in [1.807, 2.05) is 6.08 Å². The van der Waals surface area contributed by atoms with Gasteiger partial charge < -0.3 is 10.2 Å². The smallest absolute Gasteiger partial charge is 0.178 e. The number of hydrogen-bond acceptors (Lipinski definition) is 4. The first kappa shape index (κ1) is 18.1. The van der Waals surface area contributed by atoms with Gasteiger partial charge in [-0.1, -0.05) is 32.4 Å². The lowest BCUT2D eigenvalue weighted by Gasteiger charge is -2.60. The number of rotatable bonds is 2. The van der Waals surface area contributed by atoms with Crippen LogP contribution in [-0.2, 0) is 9.59 Å². The van der Waals surface area contributed by atoms with Gasteiger partial charge in [0.25, 0.3) is 0 Å². The van der Waals surface area contributed by atoms with Crippen LogP contribution in [0.2, 0.25) is 0 Å². The summed E-state index contributed by atoms with van der Waals surface area (Å²) in [4.78, 5) is 24.3. The van der Waals surface area contributed by atoms with Crippen molar-refractivity contribution >= 4 is 11.6 Å². The molecule has 0 aliphatic heterocycles. The maximum absolute atomic E-state index is 12.3. The molecule has 3 fully saturated rings. The predicted octanol–water partition coefficient (Wildman–Crippen LogP) is 2.69. The standard InChI is InChI=1S/C22H30O4/c1-12-8-14-15-4-5-16(19(26)11-23)22(15,3)10-18(25)20(14)21(2)7-6-13(24)9-17(12)21/h6-7,9,12,14-16,18,20,23,25H,4-5,8,10-11H2,1-3H3/t12-,14?,15-,16?,18?,20+,21?,22?/m0/s1. The van der Waals surface area contributed by atoms with Crippen LogP contribution in [-0.4, -0.2) is 34.5 Å². The van der Waals surface area contributed by atoms with Crippen LogP contribution >= 0.6 is 0 Å². The van der Waals surface area contributed by atoms with Crippen molar-refractivity contribution < 1.29 is 19.8 Å². The molecule has 0 saturated heterocycles. The SMILES string of the molecule is C[C@H]1CC2[C@H](C(O)CC3(C)C(C(=O)CO)CC[C@@H]23)C2(C)C=CC(=O)C=C12. The molecule has 0 bridgehead atoms. The Hall–Kier alpha value is -1.26. The van der Waals surface area contributed by atoms with Gasteiger partial charge in [-0.3, -0.25) is 9.59 Å². The summed E-state index contributed by atoms with van der Waals surface area (Å²) < 4.78 is 0. The topological polar surface area (TPSA) is 74.6 Å². The van der Waals surface area contributed by atoms with Crippen molar-refractivity contribution in [3.8, 4) is 0 Å². The van der Waals surface area contributed by atoms with E-state index in [1.54, 1.807) is 12.2 Å². The zero-order valence-corrected chi connectivity index (χ0v) is 15.9. The molecule has 3 saturated carbocycles. The van der Waals surface area contributed by atoms with E-state index < -0.39 is 12.7 Å². The minimum Gasteiger partial charge on any atom is -0.393 e. The normalized spacial score (nSPS) is 49.9. The number of ketones is 2. The van der Waals surface area contributed by atoms with Crippen molar-refractivity contribution in [1.82, 2.24) is 0 Å². The first-order chi connectivity index (χ1) is 12.2. The minimum atomic E-state index is -0.493. The van der Waals surface area contributed by atoms with Gasteiger partial charge in [0.15, 0.2) is 11.6 Å². The summed E-state index contributed by atoms with van der Waals surface area (Å²) in [6.45, 7) is 6.12. The first-order valence-electron chi connectivity index (χ1n) is 9.99. The predicted molar refractivity (Wildman–Crippen MR) is 98.1 cm³/mol. The molecular formula is C22H30O4. The van der Waals surface area contributed by atoms with E-state index in [9.17, 15) is 19.8 Å². The summed E-state index contributed by atoms with van der Waals surface area (Å²) in [6.07, 6.45) is 8.35. The van der Waals surface area contributed by atoms with Crippen molar-refractivity contribution in [2.75, 3.05) is 6.61 Å². The Morgan fingerprint density at radius 2 is 2.04 bits per heavy atom. The van der Waals surface area contributed by atoms with Crippen LogP contribution in [0.5, 0.6) is 0 Å². The van der Waals surface area contributed by atoms with Crippen LogP contribution in [0, 0.1) is 40.4 Å². The largest absolute Gasteiger partial charge is 0.393 e. The molecule has 2 N–H and O–H groups in total. The monoisotopic (exact) mass is 358 g/mol. The molecule has 4 nitrogen and oxygen atoms in total. The van der Waals surface area contributed by atoms with E-state index >= 15 is 0 Å². The van der Waals surface area contributed by atoms with E-state index in [0.717, 1.165) is 24.8 Å². The molecule has 26 heavy (non-hydrogen) atoms. The lowest BCUT2D eigenvalue weighted by Crippen LogP contribution is -2.57. The van der Waals surface area contributed by atoms with Gasteiger partial charge in [-0.25, -0.2) is 0 Å². The maximum atomic E-state index is 12.3. The molecule has 4 rings (SSSR count). The molecule has 142 valence electrons. The highest BCUT2D eigenvalue weighted by Crippen LogP contribution is 2.66. The maximum Gasteiger partial charge on any atom is 0.178 e. The molecule has 0 amide bonds. The van der Waals surface area contributed by atoms with Gasteiger partial charge in [0.2, 0.25) is 0 Å². The summed E-state index contributed by atoms with van der Waals surface area (Å²) in [5.41, 5.74) is 0.650. The molecule has 0 aromatic rings. The van der Waals surface area contributed by atoms with Gasteiger partial charge in [-0.05, 0) is 61.0 Å². The number of aliphatic hydroxyl groups excluding tert-OH is 2. The summed E-state index contributed by atoms with van der Waals surface area (Å²) in [6, 6.07) is 0. The van der Waals surface area contributed by atoms with Gasteiger partial charge in [-0.15, -0.1) is 0 Å². The minimum absolute atomic E-state index is 0.0485. The van der Waals surface area contributed by atoms with Crippen molar-refractivity contribution in [3.05, 3.63) is 23.8 Å². The van der Waals surface area contributed by atoms with Crippen LogP contribution in [0.4, 0.5) is 0 Å². The fourth-order valence-electron chi connectivity index (χ4n) is 7.39. The van der Waals surface area contributed by atoms with Crippen LogP contribution < -0.4 is 0 Å². The molecule has 0 aromatic carbocycles. The highest BCUT2D eigenvalue weighted by molar-refractivity contribution is 6.01. The second-order valence-electron chi connectivity index (χ2n) is 9.58. The van der Waals surface area contributed by atoms with Gasteiger partial charge in [-0.2, -0.15) is 0 Å². The van der Waals surface area contributed by atoms with Crippen molar-refractivity contribution in [1.29, 1.82) is 0 Å². The van der Waals surface area contributed by atoms with E-state index in [4.69, 9.17) is 0 Å². The third-order valence-electron chi connectivity index (χ3n) is 8.36. The summed E-state index contributed by atoms with van der Waals surface area (Å²) in [7, 11) is 0. The Balaban J connectivity index is 1.75. The van der Waals surface area contributed by atoms with E-state index in [2.05, 4.69) is 20.8 Å². The quantitative estimate of drug-likeness (QED) is 0.796. The molecule has 0 aromatic heterocycles. The highest BCUT2D eigenvalue weighted by atomic mass is 16.3. The van der Waals surface area contributed by atoms with Crippen LogP contribution in [0.15, 0.2) is 23.8 Å². The third-order valence-corrected chi connectivity index (χ3v) is 8.36. The van der Waals surface area contributed by atoms with Crippen LogP contribution in [0.1, 0.15) is 46.5 Å². The molecule has 0 heterocycles. The number of aliphatic hydroxyl groups is 2. The van der Waals surface area contributed by atoms with Crippen molar-refractivity contribution in [2.45, 2.75) is 52.6 Å². The molecule has 8 atom stereocenters. The first-order valence-corrected chi connectivity index (χ1v) is 9.99. The van der Waals surface area contributed by atoms with Crippen LogP contribution in [0.25, 0.3) is 0 Å². The van der Waals surface area contributed by atoms with Gasteiger partial charge in [0.1, 0.15) is 6.61 Å². The lowest BCUT2D eigenvalue weighted by atomic mass is 9.45. The third kappa shape index (κ3) is 2.27. The van der Waals surface area contributed by atoms with Crippen LogP contribution in [0.3, 0.4) is 0 Å². The Morgan fingerprint density at radius 3 is 2.73 bits per heavy atom. The number of allylic oxidation sites excluding steroid dienone is 4. The molecule has 0 spiro atoms. The Morgan fingerprint density at radius 1 is 1.31 bits per heavy atom. The average Bonchev–Trinajstić information content (AvgIpc) is 2.92. The molecule has 5 unspecified atom stereocenters. The molecule has 4 aliphatic rings. The number of carbonyl (C=O) groups excluding carboxylic acids is 2. The zero-order valence-electron chi connectivity index (χ0n) is 15.9.